The second kappa shape index (κ2) is 11.7. The van der Waals surface area contributed by atoms with Crippen LogP contribution in [-0.2, 0) is 0 Å². The molecule has 3 heterocycles. The summed E-state index contributed by atoms with van der Waals surface area (Å²) in [6, 6.07) is 2.22. The molecule has 5 nitrogen and oxygen atoms in total. The lowest BCUT2D eigenvalue weighted by molar-refractivity contribution is 0.0173. The van der Waals surface area contributed by atoms with E-state index in [9.17, 15) is 0 Å². The number of nitrogens with zero attached hydrogens (tertiary/aromatic N) is 3. The number of aliphatic imine (C=N–C) groups is 1. The minimum absolute atomic E-state index is 0. The number of nitrogens with one attached hydrogen (secondary N) is 2. The highest BCUT2D eigenvalue weighted by molar-refractivity contribution is 14.0. The van der Waals surface area contributed by atoms with Crippen LogP contribution in [0.25, 0.3) is 0 Å². The Bertz CT molecular complexity index is 578. The normalized spacial score (nSPS) is 22.3. The lowest BCUT2D eigenvalue weighted by Gasteiger charge is -2.50. The lowest BCUT2D eigenvalue weighted by Crippen LogP contribution is -2.62. The maximum absolute atomic E-state index is 4.49. The average Bonchev–Trinajstić information content (AvgIpc) is 3.25. The summed E-state index contributed by atoms with van der Waals surface area (Å²) in [5, 5.41) is 11.6. The first-order chi connectivity index (χ1) is 13.1. The van der Waals surface area contributed by atoms with Crippen LogP contribution < -0.4 is 10.6 Å². The standard InChI is InChI=1S/C21H37N5S.HI/c1-18(19-7-14-27-16-19)15-23-20(22-2)24-17-21(8-12-25(3)13-9-21)26-10-5-4-6-11-26;/h7,14,16,18H,4-6,8-13,15,17H2,1-3H3,(H2,22,23,24);1H. The highest BCUT2D eigenvalue weighted by Gasteiger charge is 2.39. The van der Waals surface area contributed by atoms with Gasteiger partial charge in [0.15, 0.2) is 5.96 Å². The van der Waals surface area contributed by atoms with Crippen LogP contribution in [0.1, 0.15) is 50.5 Å². The van der Waals surface area contributed by atoms with Gasteiger partial charge in [0.25, 0.3) is 0 Å². The van der Waals surface area contributed by atoms with E-state index in [4.69, 9.17) is 0 Å². The molecule has 0 saturated carbocycles. The first-order valence-corrected chi connectivity index (χ1v) is 11.5. The summed E-state index contributed by atoms with van der Waals surface area (Å²) in [4.78, 5) is 9.73. The molecule has 0 aromatic carbocycles. The molecule has 2 fully saturated rings. The van der Waals surface area contributed by atoms with Gasteiger partial charge in [-0.05, 0) is 87.2 Å². The molecule has 0 amide bonds. The van der Waals surface area contributed by atoms with Crippen molar-refractivity contribution >= 4 is 41.3 Å². The Labute approximate surface area is 192 Å². The summed E-state index contributed by atoms with van der Waals surface area (Å²) in [5.41, 5.74) is 1.69. The molecule has 2 aliphatic rings. The van der Waals surface area contributed by atoms with Crippen molar-refractivity contribution in [2.45, 2.75) is 50.5 Å². The molecular weight excluding hydrogens is 481 g/mol. The fourth-order valence-corrected chi connectivity index (χ4v) is 5.18. The molecule has 3 rings (SSSR count). The van der Waals surface area contributed by atoms with Gasteiger partial charge in [0.05, 0.1) is 0 Å². The Kier molecular flexibility index (Phi) is 10.00. The zero-order valence-electron chi connectivity index (χ0n) is 17.7. The summed E-state index contributed by atoms with van der Waals surface area (Å²) >= 11 is 1.77. The number of rotatable bonds is 6. The molecule has 0 aliphatic carbocycles. The average molecular weight is 520 g/mol. The Morgan fingerprint density at radius 3 is 2.50 bits per heavy atom. The van der Waals surface area contributed by atoms with E-state index in [1.165, 1.54) is 63.8 Å². The van der Waals surface area contributed by atoms with E-state index in [1.54, 1.807) is 11.3 Å². The van der Waals surface area contributed by atoms with E-state index in [-0.39, 0.29) is 29.5 Å². The van der Waals surface area contributed by atoms with Crippen LogP contribution in [0.2, 0.25) is 0 Å². The molecule has 2 N–H and O–H groups in total. The van der Waals surface area contributed by atoms with Crippen LogP contribution in [0, 0.1) is 0 Å². The molecule has 7 heteroatoms. The van der Waals surface area contributed by atoms with Crippen LogP contribution in [0.15, 0.2) is 21.8 Å². The van der Waals surface area contributed by atoms with Gasteiger partial charge in [-0.3, -0.25) is 9.89 Å². The maximum Gasteiger partial charge on any atom is 0.191 e. The van der Waals surface area contributed by atoms with Gasteiger partial charge in [0.1, 0.15) is 0 Å². The van der Waals surface area contributed by atoms with Crippen molar-refractivity contribution in [3.63, 3.8) is 0 Å². The third-order valence-electron chi connectivity index (χ3n) is 6.44. The highest BCUT2D eigenvalue weighted by atomic mass is 127. The first-order valence-electron chi connectivity index (χ1n) is 10.5. The van der Waals surface area contributed by atoms with Crippen molar-refractivity contribution in [2.75, 3.05) is 53.4 Å². The molecule has 1 atom stereocenters. The molecule has 1 aromatic rings. The van der Waals surface area contributed by atoms with Crippen molar-refractivity contribution in [3.05, 3.63) is 22.4 Å². The molecule has 1 unspecified atom stereocenters. The van der Waals surface area contributed by atoms with E-state index in [2.05, 4.69) is 56.2 Å². The highest BCUT2D eigenvalue weighted by Crippen LogP contribution is 2.30. The van der Waals surface area contributed by atoms with Crippen molar-refractivity contribution in [1.29, 1.82) is 0 Å². The predicted molar refractivity (Wildman–Crippen MR) is 132 cm³/mol. The largest absolute Gasteiger partial charge is 0.356 e. The van der Waals surface area contributed by atoms with Gasteiger partial charge in [0, 0.05) is 25.7 Å². The molecule has 0 spiro atoms. The Morgan fingerprint density at radius 1 is 1.18 bits per heavy atom. The van der Waals surface area contributed by atoms with Crippen LogP contribution in [0.3, 0.4) is 0 Å². The van der Waals surface area contributed by atoms with Gasteiger partial charge in [-0.15, -0.1) is 24.0 Å². The Morgan fingerprint density at radius 2 is 1.89 bits per heavy atom. The minimum atomic E-state index is 0. The molecule has 28 heavy (non-hydrogen) atoms. The SMILES string of the molecule is CN=C(NCC(C)c1ccsc1)NCC1(N2CCCCC2)CCN(C)CC1.I. The number of thiophene rings is 1. The van der Waals surface area contributed by atoms with E-state index in [1.807, 2.05) is 7.05 Å². The van der Waals surface area contributed by atoms with Gasteiger partial charge in [0.2, 0.25) is 0 Å². The monoisotopic (exact) mass is 519 g/mol. The zero-order valence-corrected chi connectivity index (χ0v) is 20.9. The van der Waals surface area contributed by atoms with Crippen molar-refractivity contribution < 1.29 is 0 Å². The molecule has 2 aliphatic heterocycles. The Hall–Kier alpha value is -0.380. The fourth-order valence-electron chi connectivity index (χ4n) is 4.40. The number of halogens is 1. The summed E-state index contributed by atoms with van der Waals surface area (Å²) in [6.07, 6.45) is 6.59. The first kappa shape index (κ1) is 23.9. The molecule has 0 radical (unpaired) electrons. The number of likely N-dealkylation sites (tertiary alicyclic amines) is 2. The van der Waals surface area contributed by atoms with E-state index < -0.39 is 0 Å². The lowest BCUT2D eigenvalue weighted by atomic mass is 9.84. The molecular formula is C21H38IN5S. The molecule has 160 valence electrons. The Balaban J connectivity index is 0.00000280. The van der Waals surface area contributed by atoms with Gasteiger partial charge in [-0.1, -0.05) is 13.3 Å². The summed E-state index contributed by atoms with van der Waals surface area (Å²) in [6.45, 7) is 9.08. The third-order valence-corrected chi connectivity index (χ3v) is 7.14. The number of guanidine groups is 1. The fraction of sp³-hybridized carbons (Fsp3) is 0.762. The van der Waals surface area contributed by atoms with Crippen LogP contribution in [0.5, 0.6) is 0 Å². The molecule has 2 saturated heterocycles. The minimum Gasteiger partial charge on any atom is -0.356 e. The zero-order chi connectivity index (χ0) is 19.1. The second-order valence-corrected chi connectivity index (χ2v) is 9.12. The summed E-state index contributed by atoms with van der Waals surface area (Å²) in [7, 11) is 4.13. The molecule has 0 bridgehead atoms. The van der Waals surface area contributed by atoms with Crippen molar-refractivity contribution in [2.24, 2.45) is 4.99 Å². The quantitative estimate of drug-likeness (QED) is 0.343. The topological polar surface area (TPSA) is 42.9 Å². The van der Waals surface area contributed by atoms with Gasteiger partial charge in [-0.25, -0.2) is 0 Å². The molecule has 1 aromatic heterocycles. The van der Waals surface area contributed by atoms with Crippen LogP contribution in [0.4, 0.5) is 0 Å². The predicted octanol–water partition coefficient (Wildman–Crippen LogP) is 3.58. The van der Waals surface area contributed by atoms with Crippen molar-refractivity contribution in [1.82, 2.24) is 20.4 Å². The van der Waals surface area contributed by atoms with E-state index >= 15 is 0 Å². The van der Waals surface area contributed by atoms with Crippen LogP contribution >= 0.6 is 35.3 Å². The summed E-state index contributed by atoms with van der Waals surface area (Å²) < 4.78 is 0. The second-order valence-electron chi connectivity index (χ2n) is 8.34. The van der Waals surface area contributed by atoms with Crippen molar-refractivity contribution in [3.8, 4) is 0 Å². The number of piperidine rings is 2. The van der Waals surface area contributed by atoms with E-state index in [0.717, 1.165) is 19.0 Å². The van der Waals surface area contributed by atoms with Gasteiger partial charge >= 0.3 is 0 Å². The summed E-state index contributed by atoms with van der Waals surface area (Å²) in [5.74, 6) is 1.43. The van der Waals surface area contributed by atoms with Gasteiger partial charge < -0.3 is 15.5 Å². The smallest absolute Gasteiger partial charge is 0.191 e. The van der Waals surface area contributed by atoms with Crippen LogP contribution in [-0.4, -0.2) is 74.7 Å². The number of hydrogen-bond donors (Lipinski definition) is 2. The number of hydrogen-bond acceptors (Lipinski definition) is 4. The van der Waals surface area contributed by atoms with E-state index in [0.29, 0.717) is 5.92 Å². The third kappa shape index (κ3) is 6.31. The van der Waals surface area contributed by atoms with Gasteiger partial charge in [-0.2, -0.15) is 11.3 Å². The maximum atomic E-state index is 4.49.